The van der Waals surface area contributed by atoms with Gasteiger partial charge in [0, 0.05) is 11.1 Å². The van der Waals surface area contributed by atoms with Crippen molar-refractivity contribution in [3.8, 4) is 11.5 Å². The zero-order valence-electron chi connectivity index (χ0n) is 10.6. The van der Waals surface area contributed by atoms with E-state index < -0.39 is 0 Å². The average Bonchev–Trinajstić information content (AvgIpc) is 2.36. The van der Waals surface area contributed by atoms with Crippen LogP contribution in [0.5, 0.6) is 11.5 Å². The number of fused-ring (bicyclic) bond motifs is 1. The zero-order chi connectivity index (χ0) is 12.4. The van der Waals surface area contributed by atoms with E-state index in [1.807, 2.05) is 6.07 Å². The first-order chi connectivity index (χ1) is 8.19. The Morgan fingerprint density at radius 1 is 1.12 bits per heavy atom. The van der Waals surface area contributed by atoms with Crippen LogP contribution in [-0.4, -0.2) is 20.0 Å². The lowest BCUT2D eigenvalue weighted by atomic mass is 9.88. The number of carbonyl (C=O) groups excluding carboxylic acids is 1. The second-order valence-corrected chi connectivity index (χ2v) is 4.38. The molecule has 0 amide bonds. The summed E-state index contributed by atoms with van der Waals surface area (Å²) in [7, 11) is 3.28. The van der Waals surface area contributed by atoms with Crippen molar-refractivity contribution >= 4 is 5.78 Å². The molecule has 0 N–H and O–H groups in total. The molecule has 17 heavy (non-hydrogen) atoms. The van der Waals surface area contributed by atoms with Crippen LogP contribution in [-0.2, 0) is 12.8 Å². The first kappa shape index (κ1) is 12.0. The van der Waals surface area contributed by atoms with E-state index in [-0.39, 0.29) is 5.78 Å². The first-order valence-corrected chi connectivity index (χ1v) is 5.96. The lowest BCUT2D eigenvalue weighted by Gasteiger charge is -2.23. The summed E-state index contributed by atoms with van der Waals surface area (Å²) in [5, 5.41) is 0. The van der Waals surface area contributed by atoms with Gasteiger partial charge in [0.1, 0.15) is 11.5 Å². The number of ketones is 1. The molecule has 0 spiro atoms. The number of ether oxygens (including phenoxy) is 2. The van der Waals surface area contributed by atoms with Crippen molar-refractivity contribution in [2.45, 2.75) is 32.6 Å². The summed E-state index contributed by atoms with van der Waals surface area (Å²) in [6.45, 7) is 1.56. The van der Waals surface area contributed by atoms with E-state index in [1.165, 1.54) is 12.0 Å². The molecule has 0 unspecified atom stereocenters. The highest BCUT2D eigenvalue weighted by Crippen LogP contribution is 2.39. The fourth-order valence-corrected chi connectivity index (χ4v) is 2.55. The Kier molecular flexibility index (Phi) is 3.36. The zero-order valence-corrected chi connectivity index (χ0v) is 10.6. The molecule has 3 nitrogen and oxygen atoms in total. The molecule has 0 fully saturated rings. The van der Waals surface area contributed by atoms with Crippen LogP contribution in [0.3, 0.4) is 0 Å². The lowest BCUT2D eigenvalue weighted by molar-refractivity contribution is 0.101. The van der Waals surface area contributed by atoms with Gasteiger partial charge in [-0.05, 0) is 38.7 Å². The van der Waals surface area contributed by atoms with Gasteiger partial charge >= 0.3 is 0 Å². The van der Waals surface area contributed by atoms with Crippen LogP contribution in [0.15, 0.2) is 6.07 Å². The Hall–Kier alpha value is -1.51. The highest BCUT2D eigenvalue weighted by Gasteiger charge is 2.23. The fraction of sp³-hybridized carbons (Fsp3) is 0.500. The standard InChI is InChI=1S/C14H18O3/c1-9(15)12-8-13(16-2)10-6-4-5-7-11(10)14(12)17-3/h8H,4-7H2,1-3H3. The summed E-state index contributed by atoms with van der Waals surface area (Å²) in [5.41, 5.74) is 2.99. The third-order valence-corrected chi connectivity index (χ3v) is 3.36. The number of carbonyl (C=O) groups is 1. The maximum atomic E-state index is 11.6. The molecule has 1 aromatic rings. The Morgan fingerprint density at radius 2 is 1.76 bits per heavy atom. The summed E-state index contributed by atoms with van der Waals surface area (Å²) in [4.78, 5) is 11.6. The minimum absolute atomic E-state index is 0.0218. The third kappa shape index (κ3) is 2.02. The number of hydrogen-bond donors (Lipinski definition) is 0. The Balaban J connectivity index is 2.67. The van der Waals surface area contributed by atoms with Crippen LogP contribution in [0.4, 0.5) is 0 Å². The molecule has 0 aromatic heterocycles. The normalized spacial score (nSPS) is 14.1. The molecule has 3 heteroatoms. The predicted molar refractivity (Wildman–Crippen MR) is 66.2 cm³/mol. The second-order valence-electron chi connectivity index (χ2n) is 4.38. The van der Waals surface area contributed by atoms with Gasteiger partial charge in [0.05, 0.1) is 19.8 Å². The maximum absolute atomic E-state index is 11.6. The van der Waals surface area contributed by atoms with Crippen molar-refractivity contribution in [1.82, 2.24) is 0 Å². The Morgan fingerprint density at radius 3 is 2.29 bits per heavy atom. The van der Waals surface area contributed by atoms with E-state index in [0.29, 0.717) is 5.56 Å². The highest BCUT2D eigenvalue weighted by molar-refractivity contribution is 5.98. The van der Waals surface area contributed by atoms with Crippen molar-refractivity contribution < 1.29 is 14.3 Å². The summed E-state index contributed by atoms with van der Waals surface area (Å²) in [6, 6.07) is 1.81. The van der Waals surface area contributed by atoms with E-state index in [2.05, 4.69) is 0 Å². The van der Waals surface area contributed by atoms with Gasteiger partial charge < -0.3 is 9.47 Å². The Bertz CT molecular complexity index is 449. The number of rotatable bonds is 3. The van der Waals surface area contributed by atoms with Gasteiger partial charge in [0.15, 0.2) is 5.78 Å². The van der Waals surface area contributed by atoms with Gasteiger partial charge in [-0.25, -0.2) is 0 Å². The molecular formula is C14H18O3. The number of Topliss-reactive ketones (excluding diaryl/α,β-unsaturated/α-hetero) is 1. The minimum Gasteiger partial charge on any atom is -0.496 e. The van der Waals surface area contributed by atoms with Gasteiger partial charge in [0.2, 0.25) is 0 Å². The van der Waals surface area contributed by atoms with E-state index in [1.54, 1.807) is 21.1 Å². The van der Waals surface area contributed by atoms with Crippen LogP contribution in [0.2, 0.25) is 0 Å². The fourth-order valence-electron chi connectivity index (χ4n) is 2.55. The minimum atomic E-state index is 0.0218. The first-order valence-electron chi connectivity index (χ1n) is 5.96. The summed E-state index contributed by atoms with van der Waals surface area (Å²) < 4.78 is 10.8. The molecule has 0 radical (unpaired) electrons. The molecule has 0 atom stereocenters. The SMILES string of the molecule is COc1cc(C(C)=O)c(OC)c2c1CCCC2. The molecule has 0 saturated heterocycles. The van der Waals surface area contributed by atoms with Crippen molar-refractivity contribution in [3.63, 3.8) is 0 Å². The summed E-state index contributed by atoms with van der Waals surface area (Å²) in [6.07, 6.45) is 4.29. The molecule has 1 aromatic carbocycles. The predicted octanol–water partition coefficient (Wildman–Crippen LogP) is 2.79. The van der Waals surface area contributed by atoms with Gasteiger partial charge in [0.25, 0.3) is 0 Å². The van der Waals surface area contributed by atoms with Gasteiger partial charge in [-0.3, -0.25) is 4.79 Å². The summed E-state index contributed by atoms with van der Waals surface area (Å²) >= 11 is 0. The highest BCUT2D eigenvalue weighted by atomic mass is 16.5. The van der Waals surface area contributed by atoms with Gasteiger partial charge in [-0.2, -0.15) is 0 Å². The maximum Gasteiger partial charge on any atom is 0.163 e. The van der Waals surface area contributed by atoms with E-state index in [4.69, 9.17) is 9.47 Å². The van der Waals surface area contributed by atoms with Gasteiger partial charge in [-0.1, -0.05) is 0 Å². The molecular weight excluding hydrogens is 216 g/mol. The average molecular weight is 234 g/mol. The van der Waals surface area contributed by atoms with Crippen LogP contribution in [0.1, 0.15) is 41.3 Å². The van der Waals surface area contributed by atoms with Crippen molar-refractivity contribution in [2.24, 2.45) is 0 Å². The van der Waals surface area contributed by atoms with Crippen LogP contribution < -0.4 is 9.47 Å². The van der Waals surface area contributed by atoms with E-state index in [0.717, 1.165) is 36.3 Å². The van der Waals surface area contributed by atoms with Gasteiger partial charge in [-0.15, -0.1) is 0 Å². The van der Waals surface area contributed by atoms with Crippen molar-refractivity contribution in [1.29, 1.82) is 0 Å². The number of hydrogen-bond acceptors (Lipinski definition) is 3. The van der Waals surface area contributed by atoms with Crippen LogP contribution >= 0.6 is 0 Å². The van der Waals surface area contributed by atoms with Crippen LogP contribution in [0, 0.1) is 0 Å². The quantitative estimate of drug-likeness (QED) is 0.754. The number of benzene rings is 1. The molecule has 2 rings (SSSR count). The van der Waals surface area contributed by atoms with Crippen molar-refractivity contribution in [3.05, 3.63) is 22.8 Å². The largest absolute Gasteiger partial charge is 0.496 e. The smallest absolute Gasteiger partial charge is 0.163 e. The van der Waals surface area contributed by atoms with E-state index in [9.17, 15) is 4.79 Å². The molecule has 0 saturated carbocycles. The molecule has 1 aliphatic carbocycles. The molecule has 1 aliphatic rings. The topological polar surface area (TPSA) is 35.5 Å². The molecule has 0 heterocycles. The monoisotopic (exact) mass is 234 g/mol. The third-order valence-electron chi connectivity index (χ3n) is 3.36. The second kappa shape index (κ2) is 4.78. The molecule has 0 bridgehead atoms. The molecule has 0 aliphatic heterocycles. The van der Waals surface area contributed by atoms with Crippen LogP contribution in [0.25, 0.3) is 0 Å². The van der Waals surface area contributed by atoms with E-state index >= 15 is 0 Å². The Labute approximate surface area is 102 Å². The summed E-state index contributed by atoms with van der Waals surface area (Å²) in [5.74, 6) is 1.59. The molecule has 92 valence electrons. The van der Waals surface area contributed by atoms with Crippen molar-refractivity contribution in [2.75, 3.05) is 14.2 Å². The number of methoxy groups -OCH3 is 2. The lowest BCUT2D eigenvalue weighted by Crippen LogP contribution is -2.10.